The first-order valence-corrected chi connectivity index (χ1v) is 6.48. The first kappa shape index (κ1) is 14.9. The van der Waals surface area contributed by atoms with Crippen molar-refractivity contribution >= 4 is 0 Å². The molecule has 3 unspecified atom stereocenters. The third kappa shape index (κ3) is 6.92. The van der Waals surface area contributed by atoms with Crippen LogP contribution in [0.3, 0.4) is 0 Å². The predicted molar refractivity (Wildman–Crippen MR) is 66.8 cm³/mol. The number of rotatable bonds is 7. The molecular formula is C14H29F. The highest BCUT2D eigenvalue weighted by atomic mass is 19.1. The standard InChI is InChI=1S/C14H29F/c1-10(2)7-8-12(5)13(6)14(15)9-11(3)4/h10-14H,7-9H2,1-6H3. The van der Waals surface area contributed by atoms with Crippen LogP contribution in [0.2, 0.25) is 0 Å². The number of hydrogen-bond donors (Lipinski definition) is 0. The number of halogens is 1. The fourth-order valence-electron chi connectivity index (χ4n) is 1.88. The van der Waals surface area contributed by atoms with Crippen molar-refractivity contribution in [3.05, 3.63) is 0 Å². The monoisotopic (exact) mass is 216 g/mol. The third-order valence-corrected chi connectivity index (χ3v) is 3.36. The van der Waals surface area contributed by atoms with Gasteiger partial charge in [-0.05, 0) is 30.1 Å². The van der Waals surface area contributed by atoms with Gasteiger partial charge < -0.3 is 0 Å². The molecule has 0 aliphatic heterocycles. The summed E-state index contributed by atoms with van der Waals surface area (Å²) in [5.41, 5.74) is 0. The Hall–Kier alpha value is -0.0700. The maximum absolute atomic E-state index is 13.8. The van der Waals surface area contributed by atoms with Crippen molar-refractivity contribution in [1.29, 1.82) is 0 Å². The van der Waals surface area contributed by atoms with Crippen molar-refractivity contribution in [1.82, 2.24) is 0 Å². The summed E-state index contributed by atoms with van der Waals surface area (Å²) in [5, 5.41) is 0. The fraction of sp³-hybridized carbons (Fsp3) is 1.00. The normalized spacial score (nSPS) is 18.2. The van der Waals surface area contributed by atoms with Crippen LogP contribution in [-0.4, -0.2) is 6.17 Å². The molecule has 0 nitrogen and oxygen atoms in total. The van der Waals surface area contributed by atoms with Gasteiger partial charge in [-0.25, -0.2) is 4.39 Å². The van der Waals surface area contributed by atoms with Crippen molar-refractivity contribution in [3.63, 3.8) is 0 Å². The van der Waals surface area contributed by atoms with Gasteiger partial charge in [-0.2, -0.15) is 0 Å². The minimum absolute atomic E-state index is 0.214. The molecule has 0 spiro atoms. The van der Waals surface area contributed by atoms with E-state index < -0.39 is 6.17 Å². The fourth-order valence-corrected chi connectivity index (χ4v) is 1.88. The SMILES string of the molecule is CC(C)CCC(C)C(C)C(F)CC(C)C. The van der Waals surface area contributed by atoms with E-state index in [1.165, 1.54) is 6.42 Å². The van der Waals surface area contributed by atoms with Crippen LogP contribution in [0.4, 0.5) is 4.39 Å². The van der Waals surface area contributed by atoms with E-state index >= 15 is 0 Å². The van der Waals surface area contributed by atoms with Gasteiger partial charge in [0.1, 0.15) is 6.17 Å². The molecule has 0 N–H and O–H groups in total. The van der Waals surface area contributed by atoms with Gasteiger partial charge in [0.05, 0.1) is 0 Å². The Morgan fingerprint density at radius 1 is 0.800 bits per heavy atom. The largest absolute Gasteiger partial charge is 0.247 e. The molecule has 1 heteroatoms. The molecule has 92 valence electrons. The van der Waals surface area contributed by atoms with Gasteiger partial charge in [0.25, 0.3) is 0 Å². The maximum Gasteiger partial charge on any atom is 0.103 e. The minimum Gasteiger partial charge on any atom is -0.247 e. The zero-order valence-corrected chi connectivity index (χ0v) is 11.4. The van der Waals surface area contributed by atoms with Crippen molar-refractivity contribution in [2.24, 2.45) is 23.7 Å². The van der Waals surface area contributed by atoms with Crippen molar-refractivity contribution in [2.45, 2.75) is 67.0 Å². The summed E-state index contributed by atoms with van der Waals surface area (Å²) in [7, 11) is 0. The second kappa shape index (κ2) is 7.24. The minimum atomic E-state index is -0.618. The van der Waals surface area contributed by atoms with Crippen LogP contribution in [0.1, 0.15) is 60.8 Å². The maximum atomic E-state index is 13.8. The summed E-state index contributed by atoms with van der Waals surface area (Å²) in [6.07, 6.45) is 2.48. The molecule has 0 fully saturated rings. The number of hydrogen-bond acceptors (Lipinski definition) is 0. The van der Waals surface area contributed by atoms with Crippen LogP contribution in [0.15, 0.2) is 0 Å². The quantitative estimate of drug-likeness (QED) is 0.557. The van der Waals surface area contributed by atoms with Gasteiger partial charge in [0, 0.05) is 0 Å². The average Bonchev–Trinajstić information content (AvgIpc) is 2.11. The lowest BCUT2D eigenvalue weighted by Crippen LogP contribution is -2.22. The van der Waals surface area contributed by atoms with E-state index in [0.717, 1.165) is 12.3 Å². The highest BCUT2D eigenvalue weighted by molar-refractivity contribution is 4.72. The van der Waals surface area contributed by atoms with Crippen molar-refractivity contribution in [3.8, 4) is 0 Å². The van der Waals surface area contributed by atoms with E-state index in [-0.39, 0.29) is 5.92 Å². The zero-order chi connectivity index (χ0) is 12.0. The van der Waals surface area contributed by atoms with Gasteiger partial charge >= 0.3 is 0 Å². The molecule has 0 aromatic rings. The Balaban J connectivity index is 3.90. The molecule has 0 aliphatic carbocycles. The highest BCUT2D eigenvalue weighted by Gasteiger charge is 2.22. The van der Waals surface area contributed by atoms with E-state index in [9.17, 15) is 4.39 Å². The molecule has 0 aromatic carbocycles. The second-order valence-corrected chi connectivity index (χ2v) is 5.95. The first-order chi connectivity index (χ1) is 6.84. The predicted octanol–water partition coefficient (Wildman–Crippen LogP) is 5.08. The summed E-state index contributed by atoms with van der Waals surface area (Å²) in [5.74, 6) is 1.94. The van der Waals surface area contributed by atoms with Gasteiger partial charge in [-0.15, -0.1) is 0 Å². The van der Waals surface area contributed by atoms with Gasteiger partial charge in [-0.3, -0.25) is 0 Å². The topological polar surface area (TPSA) is 0 Å². The molecule has 0 saturated carbocycles. The van der Waals surface area contributed by atoms with Crippen LogP contribution in [0.25, 0.3) is 0 Å². The average molecular weight is 216 g/mol. The van der Waals surface area contributed by atoms with E-state index in [4.69, 9.17) is 0 Å². The van der Waals surface area contributed by atoms with E-state index in [1.807, 2.05) is 0 Å². The molecule has 0 bridgehead atoms. The molecule has 0 amide bonds. The molecule has 0 aromatic heterocycles. The Morgan fingerprint density at radius 2 is 1.33 bits per heavy atom. The molecule has 15 heavy (non-hydrogen) atoms. The Labute approximate surface area is 95.6 Å². The lowest BCUT2D eigenvalue weighted by Gasteiger charge is -2.25. The second-order valence-electron chi connectivity index (χ2n) is 5.95. The Kier molecular flexibility index (Phi) is 7.21. The summed E-state index contributed by atoms with van der Waals surface area (Å²) in [4.78, 5) is 0. The highest BCUT2D eigenvalue weighted by Crippen LogP contribution is 2.27. The van der Waals surface area contributed by atoms with E-state index in [0.29, 0.717) is 18.3 Å². The molecule has 0 radical (unpaired) electrons. The summed E-state index contributed by atoms with van der Waals surface area (Å²) >= 11 is 0. The lowest BCUT2D eigenvalue weighted by molar-refractivity contribution is 0.153. The number of alkyl halides is 1. The molecule has 0 saturated heterocycles. The lowest BCUT2D eigenvalue weighted by atomic mass is 9.84. The Bertz CT molecular complexity index is 151. The van der Waals surface area contributed by atoms with Crippen LogP contribution in [0, 0.1) is 23.7 Å². The van der Waals surface area contributed by atoms with Crippen molar-refractivity contribution in [2.75, 3.05) is 0 Å². The zero-order valence-electron chi connectivity index (χ0n) is 11.4. The van der Waals surface area contributed by atoms with Gasteiger partial charge in [0.2, 0.25) is 0 Å². The first-order valence-electron chi connectivity index (χ1n) is 6.48. The smallest absolute Gasteiger partial charge is 0.103 e. The van der Waals surface area contributed by atoms with Gasteiger partial charge in [0.15, 0.2) is 0 Å². The third-order valence-electron chi connectivity index (χ3n) is 3.36. The molecule has 0 heterocycles. The summed E-state index contributed by atoms with van der Waals surface area (Å²) in [6, 6.07) is 0. The van der Waals surface area contributed by atoms with E-state index in [1.54, 1.807) is 0 Å². The molecular weight excluding hydrogens is 187 g/mol. The van der Waals surface area contributed by atoms with Crippen LogP contribution in [-0.2, 0) is 0 Å². The molecule has 3 atom stereocenters. The van der Waals surface area contributed by atoms with Crippen molar-refractivity contribution < 1.29 is 4.39 Å². The molecule has 0 aliphatic rings. The Morgan fingerprint density at radius 3 is 1.73 bits per heavy atom. The summed E-state index contributed by atoms with van der Waals surface area (Å²) < 4.78 is 13.8. The van der Waals surface area contributed by atoms with E-state index in [2.05, 4.69) is 41.5 Å². The van der Waals surface area contributed by atoms with Crippen LogP contribution < -0.4 is 0 Å². The molecule has 0 rings (SSSR count). The van der Waals surface area contributed by atoms with Crippen LogP contribution >= 0.6 is 0 Å². The van der Waals surface area contributed by atoms with Crippen LogP contribution in [0.5, 0.6) is 0 Å². The van der Waals surface area contributed by atoms with Gasteiger partial charge in [-0.1, -0.05) is 54.4 Å². The summed E-state index contributed by atoms with van der Waals surface area (Å²) in [6.45, 7) is 12.9.